The summed E-state index contributed by atoms with van der Waals surface area (Å²) in [7, 11) is 0. The lowest BCUT2D eigenvalue weighted by Gasteiger charge is -2.04. The van der Waals surface area contributed by atoms with Crippen LogP contribution in [0, 0.1) is 0 Å². The van der Waals surface area contributed by atoms with E-state index in [-0.39, 0.29) is 12.4 Å². The largest absolute Gasteiger partial charge is 0.253 e. The predicted molar refractivity (Wildman–Crippen MR) is 105 cm³/mol. The van der Waals surface area contributed by atoms with Crippen molar-refractivity contribution in [2.24, 2.45) is 0 Å². The topological polar surface area (TPSA) is 12.9 Å². The summed E-state index contributed by atoms with van der Waals surface area (Å²) in [6.45, 7) is 2.28. The van der Waals surface area contributed by atoms with Crippen molar-refractivity contribution in [3.63, 3.8) is 0 Å². The number of fused-ring (bicyclic) bond motifs is 1. The fourth-order valence-electron chi connectivity index (χ4n) is 3.04. The first kappa shape index (κ1) is 20.0. The SMILES string of the molecule is CCCCCCCCCCCCc1ccc2ccccc2n1.Cl. The molecule has 0 saturated carbocycles. The van der Waals surface area contributed by atoms with E-state index in [1.807, 2.05) is 0 Å². The molecule has 0 bridgehead atoms. The van der Waals surface area contributed by atoms with E-state index in [9.17, 15) is 0 Å². The van der Waals surface area contributed by atoms with Crippen LogP contribution in [0.1, 0.15) is 76.8 Å². The Morgan fingerprint density at radius 1 is 0.696 bits per heavy atom. The Morgan fingerprint density at radius 3 is 2.00 bits per heavy atom. The van der Waals surface area contributed by atoms with Gasteiger partial charge in [-0.15, -0.1) is 12.4 Å². The summed E-state index contributed by atoms with van der Waals surface area (Å²) in [5, 5.41) is 1.24. The Hall–Kier alpha value is -1.08. The Labute approximate surface area is 148 Å². The lowest BCUT2D eigenvalue weighted by molar-refractivity contribution is 0.555. The molecule has 0 unspecified atom stereocenters. The second-order valence-corrected chi connectivity index (χ2v) is 6.43. The second kappa shape index (κ2) is 12.4. The number of pyridine rings is 1. The van der Waals surface area contributed by atoms with Crippen LogP contribution in [0.15, 0.2) is 36.4 Å². The van der Waals surface area contributed by atoms with Gasteiger partial charge in [-0.25, -0.2) is 0 Å². The first-order valence-corrected chi connectivity index (χ1v) is 9.25. The van der Waals surface area contributed by atoms with Gasteiger partial charge in [0.1, 0.15) is 0 Å². The third kappa shape index (κ3) is 7.83. The van der Waals surface area contributed by atoms with Crippen LogP contribution in [-0.2, 0) is 6.42 Å². The minimum absolute atomic E-state index is 0. The van der Waals surface area contributed by atoms with Gasteiger partial charge in [-0.3, -0.25) is 4.98 Å². The van der Waals surface area contributed by atoms with Crippen molar-refractivity contribution < 1.29 is 0 Å². The second-order valence-electron chi connectivity index (χ2n) is 6.43. The Balaban J connectivity index is 0.00000264. The van der Waals surface area contributed by atoms with Crippen molar-refractivity contribution >= 4 is 23.3 Å². The van der Waals surface area contributed by atoms with Crippen molar-refractivity contribution in [3.8, 4) is 0 Å². The standard InChI is InChI=1S/C21H31N.ClH/c1-2-3-4-5-6-7-8-9-10-11-15-20-18-17-19-14-12-13-16-21(19)22-20;/h12-14,16-18H,2-11,15H2,1H3;1H. The molecular formula is C21H32ClN. The molecule has 0 aliphatic rings. The van der Waals surface area contributed by atoms with Gasteiger partial charge >= 0.3 is 0 Å². The zero-order chi connectivity index (χ0) is 15.5. The molecule has 1 heterocycles. The fourth-order valence-corrected chi connectivity index (χ4v) is 3.04. The number of rotatable bonds is 11. The van der Waals surface area contributed by atoms with Crippen LogP contribution in [0.2, 0.25) is 0 Å². The van der Waals surface area contributed by atoms with Crippen LogP contribution in [0.4, 0.5) is 0 Å². The third-order valence-corrected chi connectivity index (χ3v) is 4.44. The van der Waals surface area contributed by atoms with Crippen molar-refractivity contribution in [3.05, 3.63) is 42.1 Å². The molecule has 2 rings (SSSR count). The molecule has 0 amide bonds. The maximum Gasteiger partial charge on any atom is 0.0705 e. The third-order valence-electron chi connectivity index (χ3n) is 4.44. The van der Waals surface area contributed by atoms with E-state index < -0.39 is 0 Å². The molecule has 1 nitrogen and oxygen atoms in total. The quantitative estimate of drug-likeness (QED) is 0.399. The highest BCUT2D eigenvalue weighted by Crippen LogP contribution is 2.15. The van der Waals surface area contributed by atoms with Gasteiger partial charge in [0.25, 0.3) is 0 Å². The van der Waals surface area contributed by atoms with Crippen LogP contribution in [-0.4, -0.2) is 4.98 Å². The maximum absolute atomic E-state index is 4.75. The summed E-state index contributed by atoms with van der Waals surface area (Å²) in [5.74, 6) is 0. The van der Waals surface area contributed by atoms with E-state index in [2.05, 4.69) is 43.3 Å². The highest BCUT2D eigenvalue weighted by Gasteiger charge is 1.98. The minimum atomic E-state index is 0. The molecule has 128 valence electrons. The van der Waals surface area contributed by atoms with Gasteiger partial charge in [0.15, 0.2) is 0 Å². The van der Waals surface area contributed by atoms with E-state index >= 15 is 0 Å². The first-order chi connectivity index (χ1) is 10.9. The number of hydrogen-bond acceptors (Lipinski definition) is 1. The van der Waals surface area contributed by atoms with E-state index in [0.29, 0.717) is 0 Å². The number of benzene rings is 1. The molecule has 0 aliphatic heterocycles. The molecule has 0 fully saturated rings. The molecule has 0 saturated heterocycles. The number of halogens is 1. The van der Waals surface area contributed by atoms with E-state index in [1.54, 1.807) is 0 Å². The molecule has 2 aromatic rings. The molecule has 1 aromatic heterocycles. The van der Waals surface area contributed by atoms with E-state index in [4.69, 9.17) is 4.98 Å². The van der Waals surface area contributed by atoms with Gasteiger partial charge in [0.05, 0.1) is 5.52 Å². The molecule has 0 atom stereocenters. The Morgan fingerprint density at radius 2 is 1.30 bits per heavy atom. The molecular weight excluding hydrogens is 302 g/mol. The van der Waals surface area contributed by atoms with E-state index in [0.717, 1.165) is 11.9 Å². The summed E-state index contributed by atoms with van der Waals surface area (Å²) in [4.78, 5) is 4.75. The van der Waals surface area contributed by atoms with Crippen molar-refractivity contribution in [2.75, 3.05) is 0 Å². The first-order valence-electron chi connectivity index (χ1n) is 9.25. The lowest BCUT2D eigenvalue weighted by Crippen LogP contribution is -1.91. The monoisotopic (exact) mass is 333 g/mol. The fraction of sp³-hybridized carbons (Fsp3) is 0.571. The number of aromatic nitrogens is 1. The number of nitrogens with zero attached hydrogens (tertiary/aromatic N) is 1. The normalized spacial score (nSPS) is 10.7. The van der Waals surface area contributed by atoms with Gasteiger partial charge in [-0.05, 0) is 25.0 Å². The Bertz CT molecular complexity index is 538. The van der Waals surface area contributed by atoms with Gasteiger partial charge in [0.2, 0.25) is 0 Å². The van der Waals surface area contributed by atoms with Crippen LogP contribution in [0.5, 0.6) is 0 Å². The summed E-state index contributed by atoms with van der Waals surface area (Å²) >= 11 is 0. The summed E-state index contributed by atoms with van der Waals surface area (Å²) < 4.78 is 0. The molecule has 1 aromatic carbocycles. The van der Waals surface area contributed by atoms with Gasteiger partial charge < -0.3 is 0 Å². The zero-order valence-corrected chi connectivity index (χ0v) is 15.4. The average molecular weight is 334 g/mol. The molecule has 0 radical (unpaired) electrons. The Kier molecular flexibility index (Phi) is 10.7. The van der Waals surface area contributed by atoms with Crippen LogP contribution in [0.3, 0.4) is 0 Å². The minimum Gasteiger partial charge on any atom is -0.253 e. The van der Waals surface area contributed by atoms with Gasteiger partial charge in [-0.1, -0.05) is 89.0 Å². The number of unbranched alkanes of at least 4 members (excludes halogenated alkanes) is 9. The smallest absolute Gasteiger partial charge is 0.0705 e. The van der Waals surface area contributed by atoms with Crippen molar-refractivity contribution in [2.45, 2.75) is 77.6 Å². The van der Waals surface area contributed by atoms with Crippen LogP contribution in [0.25, 0.3) is 10.9 Å². The average Bonchev–Trinajstić information content (AvgIpc) is 2.56. The summed E-state index contributed by atoms with van der Waals surface area (Å²) in [5.41, 5.74) is 2.38. The van der Waals surface area contributed by atoms with Crippen LogP contribution < -0.4 is 0 Å². The van der Waals surface area contributed by atoms with Gasteiger partial charge in [-0.2, -0.15) is 0 Å². The van der Waals surface area contributed by atoms with Crippen LogP contribution >= 0.6 is 12.4 Å². The summed E-state index contributed by atoms with van der Waals surface area (Å²) in [6, 6.07) is 12.8. The molecule has 0 aliphatic carbocycles. The molecule has 0 spiro atoms. The summed E-state index contributed by atoms with van der Waals surface area (Å²) in [6.07, 6.45) is 15.1. The highest BCUT2D eigenvalue weighted by molar-refractivity contribution is 5.85. The maximum atomic E-state index is 4.75. The van der Waals surface area contributed by atoms with Crippen molar-refractivity contribution in [1.82, 2.24) is 4.98 Å². The molecule has 0 N–H and O–H groups in total. The number of aryl methyl sites for hydroxylation is 1. The van der Waals surface area contributed by atoms with E-state index in [1.165, 1.54) is 75.3 Å². The zero-order valence-electron chi connectivity index (χ0n) is 14.6. The molecule has 23 heavy (non-hydrogen) atoms. The van der Waals surface area contributed by atoms with Gasteiger partial charge in [0, 0.05) is 11.1 Å². The molecule has 2 heteroatoms. The highest BCUT2D eigenvalue weighted by atomic mass is 35.5. The number of para-hydroxylation sites is 1. The predicted octanol–water partition coefficient (Wildman–Crippen LogP) is 7.12. The lowest BCUT2D eigenvalue weighted by atomic mass is 10.0. The number of hydrogen-bond donors (Lipinski definition) is 0. The van der Waals surface area contributed by atoms with Crippen molar-refractivity contribution in [1.29, 1.82) is 0 Å².